The standard InChI is InChI=1S/C6H13IN2/c1-6(7)4-8-2-3-9-5-6/h8-9H,2-5H2,1H3. The molecule has 1 aliphatic rings. The van der Waals surface area contributed by atoms with Crippen LogP contribution in [0.1, 0.15) is 6.92 Å². The van der Waals surface area contributed by atoms with Crippen LogP contribution in [0.2, 0.25) is 0 Å². The summed E-state index contributed by atoms with van der Waals surface area (Å²) >= 11 is 2.49. The van der Waals surface area contributed by atoms with Crippen molar-refractivity contribution in [2.24, 2.45) is 0 Å². The summed E-state index contributed by atoms with van der Waals surface area (Å²) < 4.78 is 0.411. The maximum atomic E-state index is 3.37. The first kappa shape index (κ1) is 7.75. The molecule has 1 aliphatic heterocycles. The third-order valence-corrected chi connectivity index (χ3v) is 2.23. The average Bonchev–Trinajstić information content (AvgIpc) is 1.92. The number of halogens is 1. The minimum atomic E-state index is 0.411. The van der Waals surface area contributed by atoms with E-state index in [1.807, 2.05) is 0 Å². The lowest BCUT2D eigenvalue weighted by Crippen LogP contribution is -2.35. The molecule has 0 spiro atoms. The van der Waals surface area contributed by atoms with Crippen molar-refractivity contribution in [2.45, 2.75) is 10.3 Å². The Hall–Kier alpha value is 0.650. The van der Waals surface area contributed by atoms with Gasteiger partial charge in [0.15, 0.2) is 0 Å². The predicted octanol–water partition coefficient (Wildman–Crippen LogP) is 0.373. The van der Waals surface area contributed by atoms with Gasteiger partial charge in [-0.1, -0.05) is 22.6 Å². The molecular weight excluding hydrogens is 227 g/mol. The van der Waals surface area contributed by atoms with E-state index in [1.54, 1.807) is 0 Å². The highest BCUT2D eigenvalue weighted by Crippen LogP contribution is 2.15. The van der Waals surface area contributed by atoms with Gasteiger partial charge in [0.2, 0.25) is 0 Å². The van der Waals surface area contributed by atoms with Crippen LogP contribution in [0.25, 0.3) is 0 Å². The van der Waals surface area contributed by atoms with Gasteiger partial charge in [0.05, 0.1) is 0 Å². The molecule has 3 heteroatoms. The van der Waals surface area contributed by atoms with Crippen molar-refractivity contribution in [2.75, 3.05) is 26.2 Å². The zero-order chi connectivity index (χ0) is 6.74. The van der Waals surface area contributed by atoms with Crippen LogP contribution in [-0.2, 0) is 0 Å². The highest BCUT2D eigenvalue weighted by molar-refractivity contribution is 14.1. The Bertz CT molecular complexity index is 83.1. The summed E-state index contributed by atoms with van der Waals surface area (Å²) in [4.78, 5) is 0. The van der Waals surface area contributed by atoms with E-state index in [0.717, 1.165) is 26.2 Å². The molecule has 54 valence electrons. The van der Waals surface area contributed by atoms with Crippen LogP contribution in [0.4, 0.5) is 0 Å². The molecule has 0 aromatic heterocycles. The van der Waals surface area contributed by atoms with Gasteiger partial charge in [-0.2, -0.15) is 0 Å². The van der Waals surface area contributed by atoms with Gasteiger partial charge in [-0.05, 0) is 6.92 Å². The third-order valence-electron chi connectivity index (χ3n) is 1.47. The molecule has 0 amide bonds. The molecule has 2 nitrogen and oxygen atoms in total. The summed E-state index contributed by atoms with van der Waals surface area (Å²) in [5.41, 5.74) is 0. The summed E-state index contributed by atoms with van der Waals surface area (Å²) in [7, 11) is 0. The number of nitrogens with one attached hydrogen (secondary N) is 2. The van der Waals surface area contributed by atoms with Crippen LogP contribution in [0.5, 0.6) is 0 Å². The summed E-state index contributed by atoms with van der Waals surface area (Å²) in [6, 6.07) is 0. The highest BCUT2D eigenvalue weighted by atomic mass is 127. The van der Waals surface area contributed by atoms with Gasteiger partial charge >= 0.3 is 0 Å². The zero-order valence-corrected chi connectivity index (χ0v) is 7.86. The predicted molar refractivity (Wildman–Crippen MR) is 48.2 cm³/mol. The van der Waals surface area contributed by atoms with Gasteiger partial charge in [-0.3, -0.25) is 0 Å². The quantitative estimate of drug-likeness (QED) is 0.472. The second-order valence-corrected chi connectivity index (χ2v) is 5.37. The smallest absolute Gasteiger partial charge is 0.0442 e. The Morgan fingerprint density at radius 3 is 2.11 bits per heavy atom. The molecule has 0 radical (unpaired) electrons. The normalized spacial score (nSPS) is 27.3. The minimum absolute atomic E-state index is 0.411. The highest BCUT2D eigenvalue weighted by Gasteiger charge is 2.20. The fourth-order valence-electron chi connectivity index (χ4n) is 0.937. The monoisotopic (exact) mass is 240 g/mol. The molecule has 0 unspecified atom stereocenters. The SMILES string of the molecule is CC1(I)CNCCNC1. The molecule has 0 aromatic rings. The largest absolute Gasteiger partial charge is 0.314 e. The van der Waals surface area contributed by atoms with Gasteiger partial charge < -0.3 is 10.6 Å². The molecule has 0 saturated carbocycles. The molecule has 2 N–H and O–H groups in total. The Morgan fingerprint density at radius 1 is 1.22 bits per heavy atom. The van der Waals surface area contributed by atoms with Crippen molar-refractivity contribution in [3.63, 3.8) is 0 Å². The van der Waals surface area contributed by atoms with Crippen LogP contribution in [0.3, 0.4) is 0 Å². The average molecular weight is 240 g/mol. The van der Waals surface area contributed by atoms with Crippen LogP contribution >= 0.6 is 22.6 Å². The molecule has 9 heavy (non-hydrogen) atoms. The van der Waals surface area contributed by atoms with Crippen molar-refractivity contribution in [3.05, 3.63) is 0 Å². The Kier molecular flexibility index (Phi) is 2.73. The van der Waals surface area contributed by atoms with E-state index in [4.69, 9.17) is 0 Å². The second-order valence-electron chi connectivity index (χ2n) is 2.77. The van der Waals surface area contributed by atoms with Crippen LogP contribution in [-0.4, -0.2) is 29.6 Å². The van der Waals surface area contributed by atoms with E-state index in [1.165, 1.54) is 0 Å². The molecule has 1 fully saturated rings. The van der Waals surface area contributed by atoms with Crippen molar-refractivity contribution >= 4 is 22.6 Å². The second kappa shape index (κ2) is 3.16. The zero-order valence-electron chi connectivity index (χ0n) is 5.71. The van der Waals surface area contributed by atoms with Crippen molar-refractivity contribution in [1.29, 1.82) is 0 Å². The third kappa shape index (κ3) is 2.82. The summed E-state index contributed by atoms with van der Waals surface area (Å²) in [6.07, 6.45) is 0. The number of hydrogen-bond donors (Lipinski definition) is 2. The first-order valence-electron chi connectivity index (χ1n) is 3.31. The van der Waals surface area contributed by atoms with E-state index in [-0.39, 0.29) is 0 Å². The molecular formula is C6H13IN2. The van der Waals surface area contributed by atoms with E-state index in [2.05, 4.69) is 40.1 Å². The minimum Gasteiger partial charge on any atom is -0.314 e. The maximum absolute atomic E-state index is 3.37. The fourth-order valence-corrected chi connectivity index (χ4v) is 1.48. The fraction of sp³-hybridized carbons (Fsp3) is 1.00. The summed E-state index contributed by atoms with van der Waals surface area (Å²) in [6.45, 7) is 6.73. The first-order chi connectivity index (χ1) is 4.21. The molecule has 1 saturated heterocycles. The summed E-state index contributed by atoms with van der Waals surface area (Å²) in [5.74, 6) is 0. The van der Waals surface area contributed by atoms with Crippen LogP contribution in [0, 0.1) is 0 Å². The number of hydrogen-bond acceptors (Lipinski definition) is 2. The molecule has 0 bridgehead atoms. The van der Waals surface area contributed by atoms with Gasteiger partial charge in [0.25, 0.3) is 0 Å². The first-order valence-corrected chi connectivity index (χ1v) is 4.39. The van der Waals surface area contributed by atoms with Gasteiger partial charge in [-0.25, -0.2) is 0 Å². The lowest BCUT2D eigenvalue weighted by Gasteiger charge is -2.18. The molecule has 0 aliphatic carbocycles. The molecule has 1 heterocycles. The van der Waals surface area contributed by atoms with Crippen LogP contribution < -0.4 is 10.6 Å². The van der Waals surface area contributed by atoms with E-state index in [0.29, 0.717) is 3.42 Å². The number of rotatable bonds is 0. The lowest BCUT2D eigenvalue weighted by molar-refractivity contribution is 0.619. The van der Waals surface area contributed by atoms with Crippen LogP contribution in [0.15, 0.2) is 0 Å². The van der Waals surface area contributed by atoms with Gasteiger partial charge in [-0.15, -0.1) is 0 Å². The number of alkyl halides is 1. The maximum Gasteiger partial charge on any atom is 0.0442 e. The van der Waals surface area contributed by atoms with E-state index in [9.17, 15) is 0 Å². The Morgan fingerprint density at radius 2 is 1.67 bits per heavy atom. The summed E-state index contributed by atoms with van der Waals surface area (Å²) in [5, 5.41) is 6.74. The Labute approximate surface area is 69.9 Å². The van der Waals surface area contributed by atoms with Gasteiger partial charge in [0.1, 0.15) is 0 Å². The van der Waals surface area contributed by atoms with Gasteiger partial charge in [0, 0.05) is 29.6 Å². The topological polar surface area (TPSA) is 24.1 Å². The molecule has 1 rings (SSSR count). The van der Waals surface area contributed by atoms with Crippen molar-refractivity contribution in [1.82, 2.24) is 10.6 Å². The van der Waals surface area contributed by atoms with Crippen molar-refractivity contribution in [3.8, 4) is 0 Å². The van der Waals surface area contributed by atoms with E-state index >= 15 is 0 Å². The van der Waals surface area contributed by atoms with E-state index < -0.39 is 0 Å². The van der Waals surface area contributed by atoms with Crippen molar-refractivity contribution < 1.29 is 0 Å². The lowest BCUT2D eigenvalue weighted by atomic mass is 10.2. The molecule has 0 atom stereocenters. The Balaban J connectivity index is 2.36. The molecule has 0 aromatic carbocycles.